The fourth-order valence-corrected chi connectivity index (χ4v) is 4.26. The smallest absolute Gasteiger partial charge is 0.363 e. The summed E-state index contributed by atoms with van der Waals surface area (Å²) in [4.78, 5) is 39.5. The third-order valence-electron chi connectivity index (χ3n) is 5.01. The maximum atomic E-state index is 12.4. The number of methoxy groups -OCH3 is 1. The minimum atomic E-state index is -0.740. The number of cyclic esters (lactones) is 1. The van der Waals surface area contributed by atoms with Gasteiger partial charge in [-0.05, 0) is 52.4 Å². The number of hydrogen-bond donors (Lipinski definition) is 0. The van der Waals surface area contributed by atoms with Crippen LogP contribution in [0.15, 0.2) is 71.4 Å². The maximum absolute atomic E-state index is 12.4. The van der Waals surface area contributed by atoms with Crippen molar-refractivity contribution in [3.63, 3.8) is 0 Å². The first-order chi connectivity index (χ1) is 17.3. The Morgan fingerprint density at radius 2 is 1.94 bits per heavy atom. The molecule has 0 saturated carbocycles. The number of ether oxygens (including phenoxy) is 3. The Morgan fingerprint density at radius 3 is 2.64 bits per heavy atom. The highest BCUT2D eigenvalue weighted by Gasteiger charge is 2.27. The lowest BCUT2D eigenvalue weighted by atomic mass is 10.1. The van der Waals surface area contributed by atoms with Gasteiger partial charge in [0, 0.05) is 17.7 Å². The molecule has 0 radical (unpaired) electrons. The summed E-state index contributed by atoms with van der Waals surface area (Å²) < 4.78 is 17.0. The molecule has 0 bridgehead atoms. The fourth-order valence-electron chi connectivity index (χ4n) is 3.28. The predicted octanol–water partition coefficient (Wildman–Crippen LogP) is 5.47. The number of nitro groups is 1. The lowest BCUT2D eigenvalue weighted by Gasteiger charge is -2.13. The average Bonchev–Trinajstić information content (AvgIpc) is 3.23. The highest BCUT2D eigenvalue weighted by molar-refractivity contribution is 14.1. The molecule has 11 heteroatoms. The molecule has 3 aromatic rings. The van der Waals surface area contributed by atoms with E-state index >= 15 is 0 Å². The summed E-state index contributed by atoms with van der Waals surface area (Å²) in [5, 5.41) is 11.2. The van der Waals surface area contributed by atoms with Crippen molar-refractivity contribution in [3.8, 4) is 11.5 Å². The largest absolute Gasteiger partial charge is 0.493 e. The number of aliphatic imine (C=N–C) groups is 1. The number of carbonyl (C=O) groups excluding carboxylic acids is 2. The van der Waals surface area contributed by atoms with Crippen LogP contribution in [-0.4, -0.2) is 36.3 Å². The summed E-state index contributed by atoms with van der Waals surface area (Å²) >= 11 is 8.17. The Balaban J connectivity index is 1.59. The molecule has 3 aromatic carbocycles. The first kappa shape index (κ1) is 25.3. The molecule has 182 valence electrons. The second-order valence-electron chi connectivity index (χ2n) is 7.37. The van der Waals surface area contributed by atoms with Crippen LogP contribution in [0.25, 0.3) is 6.08 Å². The molecule has 36 heavy (non-hydrogen) atoms. The molecule has 1 heterocycles. The van der Waals surface area contributed by atoms with Crippen LogP contribution in [0, 0.1) is 13.7 Å². The zero-order valence-electron chi connectivity index (χ0n) is 18.6. The summed E-state index contributed by atoms with van der Waals surface area (Å²) in [6, 6.07) is 15.9. The van der Waals surface area contributed by atoms with Crippen LogP contribution in [0.2, 0.25) is 5.02 Å². The van der Waals surface area contributed by atoms with Crippen LogP contribution in [-0.2, 0) is 9.53 Å². The van der Waals surface area contributed by atoms with Gasteiger partial charge in [0.1, 0.15) is 0 Å². The zero-order chi connectivity index (χ0) is 25.8. The summed E-state index contributed by atoms with van der Waals surface area (Å²) in [7, 11) is 1.46. The minimum absolute atomic E-state index is 0.0293. The van der Waals surface area contributed by atoms with Gasteiger partial charge in [-0.2, -0.15) is 0 Å². The van der Waals surface area contributed by atoms with Crippen molar-refractivity contribution < 1.29 is 28.7 Å². The van der Waals surface area contributed by atoms with E-state index < -0.39 is 10.9 Å². The van der Waals surface area contributed by atoms with Crippen LogP contribution < -0.4 is 9.47 Å². The van der Waals surface area contributed by atoms with Crippen molar-refractivity contribution in [2.45, 2.75) is 0 Å². The highest BCUT2D eigenvalue weighted by Crippen LogP contribution is 2.35. The van der Waals surface area contributed by atoms with E-state index in [0.29, 0.717) is 26.2 Å². The van der Waals surface area contributed by atoms with E-state index in [9.17, 15) is 19.7 Å². The van der Waals surface area contributed by atoms with E-state index in [1.54, 1.807) is 36.4 Å². The minimum Gasteiger partial charge on any atom is -0.493 e. The van der Waals surface area contributed by atoms with E-state index in [2.05, 4.69) is 4.99 Å². The van der Waals surface area contributed by atoms with Crippen LogP contribution in [0.1, 0.15) is 21.5 Å². The fraction of sp³-hybridized carbons (Fsp3) is 0.0800. The van der Waals surface area contributed by atoms with Gasteiger partial charge in [-0.15, -0.1) is 0 Å². The van der Waals surface area contributed by atoms with Crippen molar-refractivity contribution >= 4 is 63.6 Å². The van der Waals surface area contributed by atoms with Gasteiger partial charge in [0.25, 0.3) is 5.69 Å². The van der Waals surface area contributed by atoms with Crippen molar-refractivity contribution in [3.05, 3.63) is 102 Å². The topological polar surface area (TPSA) is 117 Å². The predicted molar refractivity (Wildman–Crippen MR) is 141 cm³/mol. The summed E-state index contributed by atoms with van der Waals surface area (Å²) in [6.07, 6.45) is 1.48. The number of carbonyl (C=O) groups is 2. The van der Waals surface area contributed by atoms with Gasteiger partial charge in [0.2, 0.25) is 5.90 Å². The van der Waals surface area contributed by atoms with Crippen LogP contribution in [0.5, 0.6) is 11.5 Å². The second-order valence-corrected chi connectivity index (χ2v) is 8.94. The molecule has 1 aliphatic heterocycles. The zero-order valence-corrected chi connectivity index (χ0v) is 21.5. The van der Waals surface area contributed by atoms with Crippen LogP contribution >= 0.6 is 34.2 Å². The quantitative estimate of drug-likeness (QED) is 0.0821. The van der Waals surface area contributed by atoms with Crippen molar-refractivity contribution in [2.24, 2.45) is 4.99 Å². The standard InChI is InChI=1S/C25H16ClIN2O7/c1-34-22-11-14(9-19(27)23(22)35-13-21(30)15-5-3-2-4-6-15)10-20-25(31)36-24(28-20)17-12-16(29(32)33)7-8-18(17)26/h2-12H,13H2,1H3/b20-10-. The van der Waals surface area contributed by atoms with Gasteiger partial charge in [0.15, 0.2) is 29.6 Å². The van der Waals surface area contributed by atoms with Gasteiger partial charge >= 0.3 is 5.97 Å². The number of ketones is 1. The van der Waals surface area contributed by atoms with E-state index in [1.165, 1.54) is 31.4 Å². The Bertz CT molecular complexity index is 1440. The monoisotopic (exact) mass is 618 g/mol. The van der Waals surface area contributed by atoms with Gasteiger partial charge < -0.3 is 14.2 Å². The van der Waals surface area contributed by atoms with Gasteiger partial charge in [0.05, 0.1) is 26.2 Å². The van der Waals surface area contributed by atoms with Crippen LogP contribution in [0.3, 0.4) is 0 Å². The number of benzene rings is 3. The first-order valence-corrected chi connectivity index (χ1v) is 11.8. The molecule has 0 N–H and O–H groups in total. The number of Topliss-reactive ketones (excluding diaryl/α,β-unsaturated/α-hetero) is 1. The van der Waals surface area contributed by atoms with E-state index in [0.717, 1.165) is 0 Å². The molecular formula is C25H16ClIN2O7. The van der Waals surface area contributed by atoms with Crippen LogP contribution in [0.4, 0.5) is 5.69 Å². The van der Waals surface area contributed by atoms with Gasteiger partial charge in [-0.25, -0.2) is 9.79 Å². The average molecular weight is 619 g/mol. The molecule has 9 nitrogen and oxygen atoms in total. The molecular weight excluding hydrogens is 603 g/mol. The normalized spacial score (nSPS) is 13.8. The molecule has 0 aliphatic carbocycles. The Hall–Kier alpha value is -3.77. The Labute approximate surface area is 223 Å². The number of esters is 1. The third-order valence-corrected chi connectivity index (χ3v) is 6.14. The molecule has 0 saturated heterocycles. The second kappa shape index (κ2) is 10.9. The number of hydrogen-bond acceptors (Lipinski definition) is 8. The molecule has 0 spiro atoms. The number of rotatable bonds is 8. The number of nitro benzene ring substituents is 1. The molecule has 0 fully saturated rings. The summed E-state index contributed by atoms with van der Waals surface area (Å²) in [5.74, 6) is -0.329. The number of non-ortho nitro benzene ring substituents is 1. The molecule has 4 rings (SSSR count). The summed E-state index contributed by atoms with van der Waals surface area (Å²) in [5.41, 5.74) is 0.969. The van der Waals surface area contributed by atoms with E-state index in [4.69, 9.17) is 25.8 Å². The van der Waals surface area contributed by atoms with Gasteiger partial charge in [-0.1, -0.05) is 41.9 Å². The SMILES string of the molecule is COc1cc(/C=C2\N=C(c3cc([N+](=O)[O-])ccc3Cl)OC2=O)cc(I)c1OCC(=O)c1ccccc1. The number of nitrogens with zero attached hydrogens (tertiary/aromatic N) is 2. The molecule has 0 unspecified atom stereocenters. The lowest BCUT2D eigenvalue weighted by Crippen LogP contribution is -2.12. The lowest BCUT2D eigenvalue weighted by molar-refractivity contribution is -0.384. The van der Waals surface area contributed by atoms with Crippen molar-refractivity contribution in [1.82, 2.24) is 0 Å². The molecule has 1 aliphatic rings. The Kier molecular flexibility index (Phi) is 7.65. The maximum Gasteiger partial charge on any atom is 0.363 e. The molecule has 0 amide bonds. The van der Waals surface area contributed by atoms with E-state index in [-0.39, 0.29) is 40.3 Å². The van der Waals surface area contributed by atoms with Crippen molar-refractivity contribution in [1.29, 1.82) is 0 Å². The van der Waals surface area contributed by atoms with Crippen molar-refractivity contribution in [2.75, 3.05) is 13.7 Å². The molecule has 0 atom stereocenters. The first-order valence-electron chi connectivity index (χ1n) is 10.3. The molecule has 0 aromatic heterocycles. The summed E-state index contributed by atoms with van der Waals surface area (Å²) in [6.45, 7) is -0.180. The third kappa shape index (κ3) is 5.55. The Morgan fingerprint density at radius 1 is 1.19 bits per heavy atom. The highest BCUT2D eigenvalue weighted by atomic mass is 127. The van der Waals surface area contributed by atoms with Gasteiger partial charge in [-0.3, -0.25) is 14.9 Å². The van der Waals surface area contributed by atoms with E-state index in [1.807, 2.05) is 28.7 Å². The number of halogens is 2.